The van der Waals surface area contributed by atoms with E-state index in [2.05, 4.69) is 52.6 Å². The summed E-state index contributed by atoms with van der Waals surface area (Å²) < 4.78 is 0. The number of benzene rings is 2. The van der Waals surface area contributed by atoms with Gasteiger partial charge in [-0.1, -0.05) is 111 Å². The highest BCUT2D eigenvalue weighted by atomic mass is 13.8. The van der Waals surface area contributed by atoms with Crippen LogP contribution in [0.15, 0.2) is 125 Å². The summed E-state index contributed by atoms with van der Waals surface area (Å²) in [5, 5.41) is 0. The molecule has 0 fully saturated rings. The van der Waals surface area contributed by atoms with E-state index in [1.165, 1.54) is 11.1 Å². The second-order valence-electron chi connectivity index (χ2n) is 3.70. The summed E-state index contributed by atoms with van der Waals surface area (Å²) in [6, 6.07) is 20.1. The molecule has 0 amide bonds. The summed E-state index contributed by atoms with van der Waals surface area (Å²) in [5.74, 6) is 0. The second-order valence-corrected chi connectivity index (χ2v) is 3.70. The molecule has 24 heavy (non-hydrogen) atoms. The maximum Gasteiger partial charge on any atom is -0.0263 e. The zero-order chi connectivity index (χ0) is 19.1. The van der Waals surface area contributed by atoms with Crippen LogP contribution in [0.4, 0.5) is 0 Å². The van der Waals surface area contributed by atoms with Crippen LogP contribution in [0, 0.1) is 0 Å². The smallest absolute Gasteiger partial charge is 0.0263 e. The second kappa shape index (κ2) is 24.9. The predicted octanol–water partition coefficient (Wildman–Crippen LogP) is 7.62. The van der Waals surface area contributed by atoms with Crippen LogP contribution in [0.2, 0.25) is 0 Å². The lowest BCUT2D eigenvalue weighted by Crippen LogP contribution is -1.63. The van der Waals surface area contributed by atoms with E-state index in [1.807, 2.05) is 72.8 Å². The van der Waals surface area contributed by atoms with Gasteiger partial charge in [-0.25, -0.2) is 0 Å². The fourth-order valence-electron chi connectivity index (χ4n) is 1.18. The summed E-state index contributed by atoms with van der Waals surface area (Å²) in [6.07, 6.45) is 6.94. The molecule has 2 aromatic rings. The molecule has 126 valence electrons. The lowest BCUT2D eigenvalue weighted by atomic mass is 10.2. The molecule has 0 saturated heterocycles. The van der Waals surface area contributed by atoms with E-state index < -0.39 is 0 Å². The standard InChI is InChI=1S/2C8H8.C4H6.2C2H4/c2*1-2-8-6-4-3-5-7-8;1-3-4-2;2*1-2/h2*2-7H,1H2;3-4H,1-2H2;2*1-2H2. The Morgan fingerprint density at radius 3 is 0.833 bits per heavy atom. The van der Waals surface area contributed by atoms with Crippen LogP contribution < -0.4 is 0 Å². The Balaban J connectivity index is -0.000000261. The summed E-state index contributed by atoms with van der Waals surface area (Å²) in [5.41, 5.74) is 2.35. The molecule has 0 radical (unpaired) electrons. The van der Waals surface area contributed by atoms with E-state index in [-0.39, 0.29) is 0 Å². The number of hydrogen-bond donors (Lipinski definition) is 0. The topological polar surface area (TPSA) is 0 Å². The zero-order valence-corrected chi connectivity index (χ0v) is 14.7. The first kappa shape index (κ1) is 25.8. The first-order valence-corrected chi connectivity index (χ1v) is 7.37. The number of allylic oxidation sites excluding steroid dienone is 2. The molecule has 2 rings (SSSR count). The molecule has 0 aliphatic rings. The molecule has 2 aromatic carbocycles. The predicted molar refractivity (Wildman–Crippen MR) is 116 cm³/mol. The minimum Gasteiger partial charge on any atom is -0.106 e. The molecule has 0 N–H and O–H groups in total. The SMILES string of the molecule is C=C.C=C.C=CC=C.C=Cc1ccccc1.C=Cc1ccccc1. The molecule has 0 atom stereocenters. The highest BCUT2D eigenvalue weighted by Gasteiger charge is 1.76. The van der Waals surface area contributed by atoms with Gasteiger partial charge in [-0.2, -0.15) is 0 Å². The van der Waals surface area contributed by atoms with Gasteiger partial charge in [0.15, 0.2) is 0 Å². The summed E-state index contributed by atoms with van der Waals surface area (Å²) in [4.78, 5) is 0. The Morgan fingerprint density at radius 2 is 0.708 bits per heavy atom. The highest BCUT2D eigenvalue weighted by Crippen LogP contribution is 1.98. The van der Waals surface area contributed by atoms with Crippen LogP contribution in [0.25, 0.3) is 12.2 Å². The van der Waals surface area contributed by atoms with Crippen molar-refractivity contribution in [1.29, 1.82) is 0 Å². The van der Waals surface area contributed by atoms with E-state index in [1.54, 1.807) is 12.2 Å². The Kier molecular flexibility index (Phi) is 26.7. The van der Waals surface area contributed by atoms with Crippen molar-refractivity contribution in [3.63, 3.8) is 0 Å². The molecular formula is C24H30. The molecule has 0 aliphatic carbocycles. The first-order valence-electron chi connectivity index (χ1n) is 7.37. The van der Waals surface area contributed by atoms with Crippen molar-refractivity contribution in [2.24, 2.45) is 0 Å². The van der Waals surface area contributed by atoms with Gasteiger partial charge in [0.05, 0.1) is 0 Å². The van der Waals surface area contributed by atoms with Gasteiger partial charge >= 0.3 is 0 Å². The molecule has 0 aliphatic heterocycles. The molecule has 0 unspecified atom stereocenters. The first-order chi connectivity index (χ1) is 11.8. The van der Waals surface area contributed by atoms with Gasteiger partial charge in [0.25, 0.3) is 0 Å². The van der Waals surface area contributed by atoms with Crippen LogP contribution in [0.3, 0.4) is 0 Å². The lowest BCUT2D eigenvalue weighted by molar-refractivity contribution is 1.67. The van der Waals surface area contributed by atoms with E-state index in [0.29, 0.717) is 0 Å². The third kappa shape index (κ3) is 18.9. The Labute approximate surface area is 149 Å². The molecule has 0 heterocycles. The van der Waals surface area contributed by atoms with Gasteiger partial charge in [0, 0.05) is 0 Å². The van der Waals surface area contributed by atoms with Crippen LogP contribution in [0.1, 0.15) is 11.1 Å². The monoisotopic (exact) mass is 318 g/mol. The third-order valence-corrected chi connectivity index (χ3v) is 2.24. The van der Waals surface area contributed by atoms with Crippen LogP contribution in [-0.2, 0) is 0 Å². The van der Waals surface area contributed by atoms with Crippen molar-refractivity contribution in [2.45, 2.75) is 0 Å². The molecule has 0 spiro atoms. The molecule has 0 aromatic heterocycles. The van der Waals surface area contributed by atoms with Gasteiger partial charge < -0.3 is 0 Å². The third-order valence-electron chi connectivity index (χ3n) is 2.24. The van der Waals surface area contributed by atoms with Crippen molar-refractivity contribution in [2.75, 3.05) is 0 Å². The summed E-state index contributed by atoms with van der Waals surface area (Å²) in [6.45, 7) is 26.0. The van der Waals surface area contributed by atoms with E-state index in [9.17, 15) is 0 Å². The average Bonchev–Trinajstić information content (AvgIpc) is 2.73. The normalized spacial score (nSPS) is 6.83. The fraction of sp³-hybridized carbons (Fsp3) is 0. The Bertz CT molecular complexity index is 469. The van der Waals surface area contributed by atoms with E-state index in [4.69, 9.17) is 0 Å². The molecule has 0 heteroatoms. The van der Waals surface area contributed by atoms with Crippen LogP contribution in [0.5, 0.6) is 0 Å². The quantitative estimate of drug-likeness (QED) is 0.403. The van der Waals surface area contributed by atoms with Crippen molar-refractivity contribution < 1.29 is 0 Å². The zero-order valence-electron chi connectivity index (χ0n) is 14.7. The fourth-order valence-corrected chi connectivity index (χ4v) is 1.18. The van der Waals surface area contributed by atoms with E-state index >= 15 is 0 Å². The largest absolute Gasteiger partial charge is 0.106 e. The Morgan fingerprint density at radius 1 is 0.458 bits per heavy atom. The summed E-state index contributed by atoms with van der Waals surface area (Å²) in [7, 11) is 0. The van der Waals surface area contributed by atoms with Crippen molar-refractivity contribution in [3.8, 4) is 0 Å². The number of hydrogen-bond acceptors (Lipinski definition) is 0. The minimum atomic E-state index is 1.17. The number of rotatable bonds is 3. The minimum absolute atomic E-state index is 1.17. The van der Waals surface area contributed by atoms with Crippen LogP contribution in [-0.4, -0.2) is 0 Å². The lowest BCUT2D eigenvalue weighted by Gasteiger charge is -1.85. The van der Waals surface area contributed by atoms with Gasteiger partial charge in [-0.05, 0) is 11.1 Å². The molecule has 0 saturated carbocycles. The van der Waals surface area contributed by atoms with Gasteiger partial charge in [-0.15, -0.1) is 26.3 Å². The molecule has 0 nitrogen and oxygen atoms in total. The van der Waals surface area contributed by atoms with Gasteiger partial charge in [0.1, 0.15) is 0 Å². The van der Waals surface area contributed by atoms with Crippen molar-refractivity contribution in [1.82, 2.24) is 0 Å². The Hall–Kier alpha value is -3.12. The molecule has 0 bridgehead atoms. The van der Waals surface area contributed by atoms with Gasteiger partial charge in [0.2, 0.25) is 0 Å². The van der Waals surface area contributed by atoms with Crippen molar-refractivity contribution >= 4 is 12.2 Å². The maximum absolute atomic E-state index is 3.63. The van der Waals surface area contributed by atoms with Gasteiger partial charge in [-0.3, -0.25) is 0 Å². The maximum atomic E-state index is 3.63. The molecular weight excluding hydrogens is 288 g/mol. The van der Waals surface area contributed by atoms with Crippen molar-refractivity contribution in [3.05, 3.63) is 137 Å². The van der Waals surface area contributed by atoms with E-state index in [0.717, 1.165) is 0 Å². The summed E-state index contributed by atoms with van der Waals surface area (Å²) >= 11 is 0. The highest BCUT2D eigenvalue weighted by molar-refractivity contribution is 5.46. The average molecular weight is 319 g/mol. The van der Waals surface area contributed by atoms with Crippen LogP contribution >= 0.6 is 0 Å².